The first kappa shape index (κ1) is 14.3. The van der Waals surface area contributed by atoms with Gasteiger partial charge < -0.3 is 14.5 Å². The van der Waals surface area contributed by atoms with E-state index in [1.165, 1.54) is 0 Å². The van der Waals surface area contributed by atoms with Gasteiger partial charge in [-0.05, 0) is 24.3 Å². The third-order valence-corrected chi connectivity index (χ3v) is 4.05. The van der Waals surface area contributed by atoms with Crippen molar-refractivity contribution < 1.29 is 4.79 Å². The zero-order valence-electron chi connectivity index (χ0n) is 13.2. The predicted molar refractivity (Wildman–Crippen MR) is 94.4 cm³/mol. The summed E-state index contributed by atoms with van der Waals surface area (Å²) >= 11 is 0. The molecule has 5 heteroatoms. The number of hydrogen-bond donors (Lipinski definition) is 1. The van der Waals surface area contributed by atoms with Crippen molar-refractivity contribution in [3.8, 4) is 5.69 Å². The van der Waals surface area contributed by atoms with Crippen LogP contribution in [0.3, 0.4) is 0 Å². The highest BCUT2D eigenvalue weighted by Gasteiger charge is 2.13. The SMILES string of the molecule is Cn1cc(C(=O)Nc2cccc(-n3ccnc3)c2)c2ccccc21. The molecule has 0 saturated carbocycles. The van der Waals surface area contributed by atoms with Gasteiger partial charge in [-0.2, -0.15) is 0 Å². The van der Waals surface area contributed by atoms with Gasteiger partial charge in [0.2, 0.25) is 0 Å². The second-order valence-electron chi connectivity index (χ2n) is 5.65. The Balaban J connectivity index is 1.65. The number of para-hydroxylation sites is 1. The third-order valence-electron chi connectivity index (χ3n) is 4.05. The highest BCUT2D eigenvalue weighted by atomic mass is 16.1. The van der Waals surface area contributed by atoms with E-state index < -0.39 is 0 Å². The molecule has 24 heavy (non-hydrogen) atoms. The van der Waals surface area contributed by atoms with Gasteiger partial charge >= 0.3 is 0 Å². The monoisotopic (exact) mass is 316 g/mol. The van der Waals surface area contributed by atoms with E-state index in [1.54, 1.807) is 12.5 Å². The Labute approximate surface area is 139 Å². The van der Waals surface area contributed by atoms with Crippen molar-refractivity contribution in [3.05, 3.63) is 79.0 Å². The molecular formula is C19H16N4O. The maximum absolute atomic E-state index is 12.7. The van der Waals surface area contributed by atoms with Gasteiger partial charge in [0, 0.05) is 47.9 Å². The summed E-state index contributed by atoms with van der Waals surface area (Å²) in [7, 11) is 1.94. The van der Waals surface area contributed by atoms with Gasteiger partial charge in [0.15, 0.2) is 0 Å². The van der Waals surface area contributed by atoms with Crippen LogP contribution in [-0.2, 0) is 7.05 Å². The summed E-state index contributed by atoms with van der Waals surface area (Å²) < 4.78 is 3.86. The average Bonchev–Trinajstić information content (AvgIpc) is 3.24. The molecule has 0 unspecified atom stereocenters. The number of amides is 1. The second kappa shape index (κ2) is 5.70. The summed E-state index contributed by atoms with van der Waals surface area (Å²) in [6.45, 7) is 0. The lowest BCUT2D eigenvalue weighted by molar-refractivity contribution is 0.102. The Kier molecular flexibility index (Phi) is 3.39. The molecule has 0 saturated heterocycles. The number of carbonyl (C=O) groups excluding carboxylic acids is 1. The third kappa shape index (κ3) is 2.46. The summed E-state index contributed by atoms with van der Waals surface area (Å²) in [6, 6.07) is 15.6. The Morgan fingerprint density at radius 2 is 2.00 bits per heavy atom. The van der Waals surface area contributed by atoms with E-state index in [0.717, 1.165) is 22.3 Å². The smallest absolute Gasteiger partial charge is 0.257 e. The van der Waals surface area contributed by atoms with E-state index in [9.17, 15) is 4.79 Å². The van der Waals surface area contributed by atoms with E-state index in [0.29, 0.717) is 5.56 Å². The standard InChI is InChI=1S/C19H16N4O/c1-22-12-17(16-7-2-3-8-18(16)22)19(24)21-14-5-4-6-15(11-14)23-10-9-20-13-23/h2-13H,1H3,(H,21,24). The predicted octanol–water partition coefficient (Wildman–Crippen LogP) is 3.62. The molecule has 4 aromatic rings. The zero-order chi connectivity index (χ0) is 16.5. The van der Waals surface area contributed by atoms with Crippen molar-refractivity contribution in [2.24, 2.45) is 7.05 Å². The molecule has 0 atom stereocenters. The summed E-state index contributed by atoms with van der Waals surface area (Å²) in [5.41, 5.74) is 3.40. The Bertz CT molecular complexity index is 1010. The number of aryl methyl sites for hydroxylation is 1. The number of nitrogens with zero attached hydrogens (tertiary/aromatic N) is 3. The van der Waals surface area contributed by atoms with E-state index in [2.05, 4.69) is 10.3 Å². The number of benzene rings is 2. The molecule has 0 bridgehead atoms. The van der Waals surface area contributed by atoms with Crippen LogP contribution >= 0.6 is 0 Å². The summed E-state index contributed by atoms with van der Waals surface area (Å²) in [4.78, 5) is 16.7. The molecule has 0 aliphatic rings. The second-order valence-corrected chi connectivity index (χ2v) is 5.65. The van der Waals surface area contributed by atoms with Gasteiger partial charge in [-0.15, -0.1) is 0 Å². The lowest BCUT2D eigenvalue weighted by atomic mass is 10.1. The first-order valence-electron chi connectivity index (χ1n) is 7.66. The maximum Gasteiger partial charge on any atom is 0.257 e. The van der Waals surface area contributed by atoms with Gasteiger partial charge in [-0.1, -0.05) is 24.3 Å². The lowest BCUT2D eigenvalue weighted by Gasteiger charge is -2.07. The highest BCUT2D eigenvalue weighted by molar-refractivity contribution is 6.13. The largest absolute Gasteiger partial charge is 0.350 e. The normalized spacial score (nSPS) is 10.9. The zero-order valence-corrected chi connectivity index (χ0v) is 13.2. The number of fused-ring (bicyclic) bond motifs is 1. The molecular weight excluding hydrogens is 300 g/mol. The molecule has 0 radical (unpaired) electrons. The van der Waals surface area contributed by atoms with Crippen LogP contribution in [0, 0.1) is 0 Å². The van der Waals surface area contributed by atoms with E-state index in [4.69, 9.17) is 0 Å². The van der Waals surface area contributed by atoms with Crippen molar-refractivity contribution in [2.45, 2.75) is 0 Å². The maximum atomic E-state index is 12.7. The Morgan fingerprint density at radius 1 is 1.12 bits per heavy atom. The van der Waals surface area contributed by atoms with Crippen molar-refractivity contribution in [1.29, 1.82) is 0 Å². The molecule has 0 spiro atoms. The number of hydrogen-bond acceptors (Lipinski definition) is 2. The highest BCUT2D eigenvalue weighted by Crippen LogP contribution is 2.22. The van der Waals surface area contributed by atoms with Crippen LogP contribution in [0.15, 0.2) is 73.4 Å². The Hall–Kier alpha value is -3.34. The van der Waals surface area contributed by atoms with Crippen LogP contribution in [0.2, 0.25) is 0 Å². The molecule has 118 valence electrons. The molecule has 2 aromatic heterocycles. The molecule has 4 rings (SSSR count). The minimum absolute atomic E-state index is 0.116. The van der Waals surface area contributed by atoms with Crippen LogP contribution in [0.5, 0.6) is 0 Å². The van der Waals surface area contributed by atoms with E-state index in [1.807, 2.05) is 77.1 Å². The summed E-state index contributed by atoms with van der Waals surface area (Å²) in [6.07, 6.45) is 7.18. The fourth-order valence-electron chi connectivity index (χ4n) is 2.88. The first-order chi connectivity index (χ1) is 11.7. The number of carbonyl (C=O) groups is 1. The fourth-order valence-corrected chi connectivity index (χ4v) is 2.88. The van der Waals surface area contributed by atoms with Crippen LogP contribution in [0.1, 0.15) is 10.4 Å². The van der Waals surface area contributed by atoms with Gasteiger partial charge in [0.05, 0.1) is 11.9 Å². The Morgan fingerprint density at radius 3 is 2.83 bits per heavy atom. The molecule has 0 aliphatic heterocycles. The molecule has 1 amide bonds. The molecule has 0 aliphatic carbocycles. The average molecular weight is 316 g/mol. The number of nitrogens with one attached hydrogen (secondary N) is 1. The van der Waals surface area contributed by atoms with Gasteiger partial charge in [-0.25, -0.2) is 4.98 Å². The molecule has 2 aromatic carbocycles. The molecule has 1 N–H and O–H groups in total. The quantitative estimate of drug-likeness (QED) is 0.627. The van der Waals surface area contributed by atoms with Crippen molar-refractivity contribution in [3.63, 3.8) is 0 Å². The first-order valence-corrected chi connectivity index (χ1v) is 7.66. The summed E-state index contributed by atoms with van der Waals surface area (Å²) in [5.74, 6) is -0.116. The fraction of sp³-hybridized carbons (Fsp3) is 0.0526. The number of aromatic nitrogens is 3. The van der Waals surface area contributed by atoms with E-state index >= 15 is 0 Å². The number of anilines is 1. The van der Waals surface area contributed by atoms with Gasteiger partial charge in [0.1, 0.15) is 0 Å². The van der Waals surface area contributed by atoms with Crippen LogP contribution < -0.4 is 5.32 Å². The minimum Gasteiger partial charge on any atom is -0.350 e. The van der Waals surface area contributed by atoms with Gasteiger partial charge in [-0.3, -0.25) is 4.79 Å². The van der Waals surface area contributed by atoms with E-state index in [-0.39, 0.29) is 5.91 Å². The van der Waals surface area contributed by atoms with Crippen LogP contribution in [0.25, 0.3) is 16.6 Å². The van der Waals surface area contributed by atoms with Gasteiger partial charge in [0.25, 0.3) is 5.91 Å². The molecule has 2 heterocycles. The van der Waals surface area contributed by atoms with Crippen LogP contribution in [0.4, 0.5) is 5.69 Å². The van der Waals surface area contributed by atoms with Crippen molar-refractivity contribution in [2.75, 3.05) is 5.32 Å². The van der Waals surface area contributed by atoms with Crippen molar-refractivity contribution in [1.82, 2.24) is 14.1 Å². The van der Waals surface area contributed by atoms with Crippen molar-refractivity contribution >= 4 is 22.5 Å². The number of imidazole rings is 1. The number of rotatable bonds is 3. The topological polar surface area (TPSA) is 51.9 Å². The molecule has 5 nitrogen and oxygen atoms in total. The summed E-state index contributed by atoms with van der Waals surface area (Å²) in [5, 5.41) is 3.93. The lowest BCUT2D eigenvalue weighted by Crippen LogP contribution is -2.11. The van der Waals surface area contributed by atoms with Crippen LogP contribution in [-0.4, -0.2) is 20.0 Å². The minimum atomic E-state index is -0.116. The molecule has 0 fully saturated rings.